The molecule has 3 heteroatoms. The Morgan fingerprint density at radius 1 is 1.10 bits per heavy atom. The second-order valence-corrected chi connectivity index (χ2v) is 6.58. The zero-order valence-corrected chi connectivity index (χ0v) is 14.0. The number of nitrogens with zero attached hydrogens (tertiary/aromatic N) is 2. The van der Waals surface area contributed by atoms with Crippen molar-refractivity contribution < 1.29 is 0 Å². The molecule has 1 aliphatic carbocycles. The minimum absolute atomic E-state index is 0.661. The highest BCUT2D eigenvalue weighted by Crippen LogP contribution is 2.32. The first-order chi connectivity index (χ1) is 9.52. The van der Waals surface area contributed by atoms with E-state index in [-0.39, 0.29) is 0 Å². The van der Waals surface area contributed by atoms with Crippen molar-refractivity contribution >= 4 is 17.3 Å². The Morgan fingerprint density at radius 2 is 1.70 bits per heavy atom. The van der Waals surface area contributed by atoms with Gasteiger partial charge in [-0.25, -0.2) is 0 Å². The lowest BCUT2D eigenvalue weighted by Gasteiger charge is -2.40. The number of halogens is 1. The standard InChI is InChI=1S/C17H27ClN2/c1-5-20(17-12-14(18)7-6-13(17)2)16-10-8-15(9-11-16)19(3)4/h6-7,12,15-16H,5,8-11H2,1-4H3. The normalized spacial score (nSPS) is 23.1. The van der Waals surface area contributed by atoms with E-state index in [1.54, 1.807) is 0 Å². The number of anilines is 1. The lowest BCUT2D eigenvalue weighted by Crippen LogP contribution is -2.42. The largest absolute Gasteiger partial charge is 0.369 e. The van der Waals surface area contributed by atoms with Gasteiger partial charge in [0.25, 0.3) is 0 Å². The summed E-state index contributed by atoms with van der Waals surface area (Å²) in [6.45, 7) is 5.48. The molecule has 0 atom stereocenters. The Morgan fingerprint density at radius 3 is 2.25 bits per heavy atom. The summed E-state index contributed by atoms with van der Waals surface area (Å²) >= 11 is 6.19. The highest BCUT2D eigenvalue weighted by Gasteiger charge is 2.26. The van der Waals surface area contributed by atoms with Crippen LogP contribution in [0, 0.1) is 6.92 Å². The van der Waals surface area contributed by atoms with E-state index in [0.717, 1.165) is 17.6 Å². The monoisotopic (exact) mass is 294 g/mol. The molecular weight excluding hydrogens is 268 g/mol. The molecule has 0 aromatic heterocycles. The van der Waals surface area contributed by atoms with Crippen LogP contribution in [0.15, 0.2) is 18.2 Å². The molecule has 2 nitrogen and oxygen atoms in total. The van der Waals surface area contributed by atoms with Crippen molar-refractivity contribution in [3.8, 4) is 0 Å². The van der Waals surface area contributed by atoms with E-state index in [2.05, 4.69) is 49.9 Å². The van der Waals surface area contributed by atoms with Crippen molar-refractivity contribution in [2.24, 2.45) is 0 Å². The summed E-state index contributed by atoms with van der Waals surface area (Å²) in [7, 11) is 4.40. The maximum Gasteiger partial charge on any atom is 0.0426 e. The van der Waals surface area contributed by atoms with Gasteiger partial charge in [0, 0.05) is 29.3 Å². The van der Waals surface area contributed by atoms with Crippen molar-refractivity contribution in [3.63, 3.8) is 0 Å². The molecule has 1 aromatic rings. The van der Waals surface area contributed by atoms with Crippen molar-refractivity contribution in [1.29, 1.82) is 0 Å². The molecule has 1 aliphatic rings. The van der Waals surface area contributed by atoms with Gasteiger partial charge in [0.15, 0.2) is 0 Å². The summed E-state index contributed by atoms with van der Waals surface area (Å²) in [5.41, 5.74) is 2.64. The summed E-state index contributed by atoms with van der Waals surface area (Å²) < 4.78 is 0. The van der Waals surface area contributed by atoms with Crippen LogP contribution in [-0.2, 0) is 0 Å². The molecule has 0 saturated heterocycles. The van der Waals surface area contributed by atoms with Gasteiger partial charge in [0.05, 0.1) is 0 Å². The lowest BCUT2D eigenvalue weighted by molar-refractivity contribution is 0.214. The van der Waals surface area contributed by atoms with Crippen LogP contribution in [0.25, 0.3) is 0 Å². The molecule has 20 heavy (non-hydrogen) atoms. The molecule has 0 N–H and O–H groups in total. The summed E-state index contributed by atoms with van der Waals surface area (Å²) in [6, 6.07) is 7.65. The average Bonchev–Trinajstić information content (AvgIpc) is 2.44. The highest BCUT2D eigenvalue weighted by molar-refractivity contribution is 6.30. The first-order valence-electron chi connectivity index (χ1n) is 7.72. The molecule has 0 heterocycles. The van der Waals surface area contributed by atoms with Crippen LogP contribution in [0.2, 0.25) is 5.02 Å². The van der Waals surface area contributed by atoms with Gasteiger partial charge in [-0.05, 0) is 71.3 Å². The molecule has 0 spiro atoms. The van der Waals surface area contributed by atoms with Gasteiger partial charge in [-0.1, -0.05) is 17.7 Å². The highest BCUT2D eigenvalue weighted by atomic mass is 35.5. The number of hydrogen-bond donors (Lipinski definition) is 0. The molecule has 0 amide bonds. The van der Waals surface area contributed by atoms with Crippen LogP contribution in [0.1, 0.15) is 38.2 Å². The number of benzene rings is 1. The van der Waals surface area contributed by atoms with Gasteiger partial charge in [-0.3, -0.25) is 0 Å². The fraction of sp³-hybridized carbons (Fsp3) is 0.647. The quantitative estimate of drug-likeness (QED) is 0.815. The smallest absolute Gasteiger partial charge is 0.0426 e. The molecule has 1 aromatic carbocycles. The molecule has 112 valence electrons. The molecule has 2 rings (SSSR count). The maximum absolute atomic E-state index is 6.19. The molecule has 1 saturated carbocycles. The second kappa shape index (κ2) is 6.82. The number of aryl methyl sites for hydroxylation is 1. The fourth-order valence-corrected chi connectivity index (χ4v) is 3.57. The molecule has 0 bridgehead atoms. The Kier molecular flexibility index (Phi) is 5.34. The summed E-state index contributed by atoms with van der Waals surface area (Å²) in [5, 5.41) is 0.839. The van der Waals surface area contributed by atoms with Gasteiger partial charge in [0.1, 0.15) is 0 Å². The lowest BCUT2D eigenvalue weighted by atomic mass is 9.89. The van der Waals surface area contributed by atoms with E-state index in [4.69, 9.17) is 11.6 Å². The third-order valence-electron chi connectivity index (χ3n) is 4.66. The summed E-state index contributed by atoms with van der Waals surface area (Å²) in [6.07, 6.45) is 5.16. The minimum Gasteiger partial charge on any atom is -0.369 e. The predicted octanol–water partition coefficient (Wildman–Crippen LogP) is 4.35. The first kappa shape index (κ1) is 15.7. The Balaban J connectivity index is 2.11. The first-order valence-corrected chi connectivity index (χ1v) is 8.10. The van der Waals surface area contributed by atoms with E-state index in [1.807, 2.05) is 6.07 Å². The van der Waals surface area contributed by atoms with Crippen LogP contribution < -0.4 is 4.90 Å². The van der Waals surface area contributed by atoms with Crippen molar-refractivity contribution in [3.05, 3.63) is 28.8 Å². The van der Waals surface area contributed by atoms with Crippen LogP contribution in [0.3, 0.4) is 0 Å². The molecule has 0 radical (unpaired) electrons. The number of rotatable bonds is 4. The molecule has 1 fully saturated rings. The van der Waals surface area contributed by atoms with Crippen LogP contribution in [0.5, 0.6) is 0 Å². The summed E-state index contributed by atoms with van der Waals surface area (Å²) in [5.74, 6) is 0. The van der Waals surface area contributed by atoms with Gasteiger partial charge in [-0.15, -0.1) is 0 Å². The third-order valence-corrected chi connectivity index (χ3v) is 4.89. The fourth-order valence-electron chi connectivity index (χ4n) is 3.40. The molecular formula is C17H27ClN2. The van der Waals surface area contributed by atoms with E-state index >= 15 is 0 Å². The van der Waals surface area contributed by atoms with E-state index < -0.39 is 0 Å². The van der Waals surface area contributed by atoms with Crippen LogP contribution in [-0.4, -0.2) is 37.6 Å². The minimum atomic E-state index is 0.661. The van der Waals surface area contributed by atoms with Crippen LogP contribution in [0.4, 0.5) is 5.69 Å². The van der Waals surface area contributed by atoms with Gasteiger partial charge < -0.3 is 9.80 Å². The maximum atomic E-state index is 6.19. The van der Waals surface area contributed by atoms with Crippen molar-refractivity contribution in [1.82, 2.24) is 4.90 Å². The van der Waals surface area contributed by atoms with Gasteiger partial charge >= 0.3 is 0 Å². The van der Waals surface area contributed by atoms with Crippen LogP contribution >= 0.6 is 11.6 Å². The van der Waals surface area contributed by atoms with Crippen molar-refractivity contribution in [2.75, 3.05) is 25.5 Å². The second-order valence-electron chi connectivity index (χ2n) is 6.14. The molecule has 0 aliphatic heterocycles. The zero-order valence-electron chi connectivity index (χ0n) is 13.2. The SMILES string of the molecule is CCN(c1cc(Cl)ccc1C)C1CCC(N(C)C)CC1. The number of hydrogen-bond acceptors (Lipinski definition) is 2. The van der Waals surface area contributed by atoms with E-state index in [1.165, 1.54) is 36.9 Å². The third kappa shape index (κ3) is 3.48. The average molecular weight is 295 g/mol. The summed E-state index contributed by atoms with van der Waals surface area (Å²) in [4.78, 5) is 4.92. The zero-order chi connectivity index (χ0) is 14.7. The Hall–Kier alpha value is -0.730. The van der Waals surface area contributed by atoms with Gasteiger partial charge in [-0.2, -0.15) is 0 Å². The Bertz CT molecular complexity index is 437. The Labute approximate surface area is 128 Å². The van der Waals surface area contributed by atoms with E-state index in [9.17, 15) is 0 Å². The predicted molar refractivity (Wildman–Crippen MR) is 88.9 cm³/mol. The van der Waals surface area contributed by atoms with Crippen molar-refractivity contribution in [2.45, 2.75) is 51.6 Å². The van der Waals surface area contributed by atoms with E-state index in [0.29, 0.717) is 6.04 Å². The topological polar surface area (TPSA) is 6.48 Å². The van der Waals surface area contributed by atoms with Gasteiger partial charge in [0.2, 0.25) is 0 Å². The molecule has 0 unspecified atom stereocenters.